The fraction of sp³-hybridized carbons (Fsp3) is 0.560. The van der Waals surface area contributed by atoms with Crippen molar-refractivity contribution in [2.24, 2.45) is 18.2 Å². The summed E-state index contributed by atoms with van der Waals surface area (Å²) < 4.78 is 14.9. The summed E-state index contributed by atoms with van der Waals surface area (Å²) in [5, 5.41) is 4.79. The van der Waals surface area contributed by atoms with Gasteiger partial charge in [0.2, 0.25) is 5.88 Å². The second-order valence-electron chi connectivity index (χ2n) is 10.1. The van der Waals surface area contributed by atoms with Gasteiger partial charge in [-0.25, -0.2) is 4.98 Å². The maximum absolute atomic E-state index is 13.6. The molecule has 0 amide bonds. The average Bonchev–Trinajstić information content (AvgIpc) is 3.39. The van der Waals surface area contributed by atoms with Crippen LogP contribution in [0.2, 0.25) is 0 Å². The van der Waals surface area contributed by atoms with E-state index in [1.165, 1.54) is 0 Å². The molecule has 2 aromatic heterocycles. The van der Waals surface area contributed by atoms with Gasteiger partial charge in [-0.05, 0) is 40.0 Å². The van der Waals surface area contributed by atoms with E-state index in [9.17, 15) is 4.79 Å². The first-order valence-corrected chi connectivity index (χ1v) is 13.0. The van der Waals surface area contributed by atoms with Crippen molar-refractivity contribution in [3.8, 4) is 5.88 Å². The summed E-state index contributed by atoms with van der Waals surface area (Å²) in [5.74, 6) is 2.26. The molecule has 0 unspecified atom stereocenters. The molecule has 1 aliphatic carbocycles. The Morgan fingerprint density at radius 2 is 1.92 bits per heavy atom. The normalized spacial score (nSPS) is 24.2. The highest BCUT2D eigenvalue weighted by Gasteiger charge is 2.47. The van der Waals surface area contributed by atoms with E-state index in [1.54, 1.807) is 21.5 Å². The largest absolute Gasteiger partial charge is 0.440 e. The molecular weight excluding hydrogens is 503 g/mol. The fourth-order valence-electron chi connectivity index (χ4n) is 5.54. The number of nitrogens with zero attached hydrogens (tertiary/aromatic N) is 5. The molecule has 0 radical (unpaired) electrons. The van der Waals surface area contributed by atoms with Crippen LogP contribution >= 0.6 is 23.2 Å². The third kappa shape index (κ3) is 4.26. The first kappa shape index (κ1) is 25.3. The molecule has 0 saturated carbocycles. The van der Waals surface area contributed by atoms with Gasteiger partial charge in [-0.1, -0.05) is 23.2 Å². The van der Waals surface area contributed by atoms with E-state index in [4.69, 9.17) is 43.4 Å². The van der Waals surface area contributed by atoms with Gasteiger partial charge in [0.25, 0.3) is 5.56 Å². The zero-order valence-electron chi connectivity index (χ0n) is 21.1. The summed E-state index contributed by atoms with van der Waals surface area (Å²) in [6.07, 6.45) is 4.67. The summed E-state index contributed by atoms with van der Waals surface area (Å²) in [5.41, 5.74) is 7.55. The van der Waals surface area contributed by atoms with Crippen molar-refractivity contribution in [3.05, 3.63) is 49.8 Å². The molecule has 5 rings (SSSR count). The van der Waals surface area contributed by atoms with Crippen molar-refractivity contribution < 1.29 is 9.47 Å². The van der Waals surface area contributed by atoms with E-state index in [1.807, 2.05) is 27.8 Å². The maximum Gasteiger partial charge on any atom is 0.262 e. The summed E-state index contributed by atoms with van der Waals surface area (Å²) >= 11 is 13.3. The Morgan fingerprint density at radius 3 is 2.53 bits per heavy atom. The van der Waals surface area contributed by atoms with Crippen LogP contribution in [-0.4, -0.2) is 51.2 Å². The molecule has 2 aliphatic heterocycles. The summed E-state index contributed by atoms with van der Waals surface area (Å²) in [4.78, 5) is 20.6. The molecule has 2 atom stereocenters. The van der Waals surface area contributed by atoms with E-state index in [0.717, 1.165) is 31.7 Å². The SMILES string of the molecule is Cc1c(N2CCC3(CC2)CO[C@@H](C)[C@H]3N)nc(C)n(C2=C(Cl)C(Cl)=C(Oc3ccn(C)n3)CC2)c1=O. The van der Waals surface area contributed by atoms with Crippen LogP contribution in [0.5, 0.6) is 5.88 Å². The maximum atomic E-state index is 13.6. The van der Waals surface area contributed by atoms with Crippen LogP contribution < -0.4 is 20.9 Å². The minimum absolute atomic E-state index is 0.00637. The van der Waals surface area contributed by atoms with E-state index < -0.39 is 0 Å². The number of allylic oxidation sites excluding steroid dienone is 4. The molecule has 1 spiro atoms. The van der Waals surface area contributed by atoms with Crippen LogP contribution in [-0.2, 0) is 11.8 Å². The number of ether oxygens (including phenoxy) is 2. The van der Waals surface area contributed by atoms with Crippen molar-refractivity contribution in [3.63, 3.8) is 0 Å². The summed E-state index contributed by atoms with van der Waals surface area (Å²) in [7, 11) is 1.81. The zero-order chi connectivity index (χ0) is 25.8. The standard InChI is InChI=1S/C25H32Cl2N6O3/c1-14-23(32-11-8-25(9-12-32)13-35-15(2)22(25)28)29-16(3)33(24(14)34)17-5-6-18(21(27)20(17)26)36-19-7-10-31(4)30-19/h7,10,15,22H,5-6,8-9,11-13,28H2,1-4H3/t15-,22+/m0/s1. The molecule has 2 N–H and O–H groups in total. The van der Waals surface area contributed by atoms with E-state index in [-0.39, 0.29) is 33.2 Å². The summed E-state index contributed by atoms with van der Waals surface area (Å²) in [6.45, 7) is 7.96. The number of halogens is 2. The highest BCUT2D eigenvalue weighted by atomic mass is 35.5. The predicted molar refractivity (Wildman–Crippen MR) is 140 cm³/mol. The smallest absolute Gasteiger partial charge is 0.262 e. The number of rotatable bonds is 4. The monoisotopic (exact) mass is 534 g/mol. The molecule has 9 nitrogen and oxygen atoms in total. The van der Waals surface area contributed by atoms with E-state index >= 15 is 0 Å². The molecule has 2 fully saturated rings. The van der Waals surface area contributed by atoms with Crippen molar-refractivity contribution in [2.45, 2.75) is 58.6 Å². The number of aryl methyl sites for hydroxylation is 2. The van der Waals surface area contributed by atoms with Crippen LogP contribution in [0.25, 0.3) is 5.70 Å². The van der Waals surface area contributed by atoms with Gasteiger partial charge in [-0.15, -0.1) is 5.10 Å². The first-order valence-electron chi connectivity index (χ1n) is 12.3. The van der Waals surface area contributed by atoms with E-state index in [0.29, 0.717) is 48.2 Å². The van der Waals surface area contributed by atoms with E-state index in [2.05, 4.69) is 10.00 Å². The molecule has 36 heavy (non-hydrogen) atoms. The highest BCUT2D eigenvalue weighted by Crippen LogP contribution is 2.42. The molecular formula is C25H32Cl2N6O3. The Hall–Kier alpha value is -2.33. The van der Waals surface area contributed by atoms with Gasteiger partial charge in [-0.3, -0.25) is 14.0 Å². The fourth-order valence-corrected chi connectivity index (χ4v) is 6.07. The number of anilines is 1. The quantitative estimate of drug-likeness (QED) is 0.638. The first-order chi connectivity index (χ1) is 17.1. The van der Waals surface area contributed by atoms with Gasteiger partial charge < -0.3 is 20.1 Å². The number of nitrogens with two attached hydrogens (primary N) is 1. The van der Waals surface area contributed by atoms with Crippen LogP contribution in [0.1, 0.15) is 44.0 Å². The van der Waals surface area contributed by atoms with Gasteiger partial charge >= 0.3 is 0 Å². The summed E-state index contributed by atoms with van der Waals surface area (Å²) in [6, 6.07) is 1.79. The third-order valence-corrected chi connectivity index (χ3v) is 8.73. The second kappa shape index (κ2) is 9.52. The Labute approximate surface area is 220 Å². The highest BCUT2D eigenvalue weighted by molar-refractivity contribution is 6.45. The Kier molecular flexibility index (Phi) is 6.70. The Morgan fingerprint density at radius 1 is 1.19 bits per heavy atom. The van der Waals surface area contributed by atoms with Gasteiger partial charge in [0.05, 0.1) is 28.3 Å². The lowest BCUT2D eigenvalue weighted by atomic mass is 9.73. The predicted octanol–water partition coefficient (Wildman–Crippen LogP) is 3.66. The Bertz CT molecular complexity index is 1310. The van der Waals surface area contributed by atoms with Crippen molar-refractivity contribution >= 4 is 34.7 Å². The number of aromatic nitrogens is 4. The lowest BCUT2D eigenvalue weighted by Crippen LogP contribution is -2.51. The number of piperidine rings is 1. The molecule has 11 heteroatoms. The van der Waals surface area contributed by atoms with Crippen LogP contribution in [0.15, 0.2) is 32.9 Å². The molecule has 0 aromatic carbocycles. The molecule has 2 aromatic rings. The third-order valence-electron chi connectivity index (χ3n) is 7.82. The minimum Gasteiger partial charge on any atom is -0.440 e. The van der Waals surface area contributed by atoms with Crippen molar-refractivity contribution in [1.29, 1.82) is 0 Å². The number of hydrogen-bond acceptors (Lipinski definition) is 7. The van der Waals surface area contributed by atoms with Crippen LogP contribution in [0.4, 0.5) is 5.82 Å². The molecule has 2 saturated heterocycles. The molecule has 194 valence electrons. The van der Waals surface area contributed by atoms with Gasteiger partial charge in [-0.2, -0.15) is 0 Å². The molecule has 0 bridgehead atoms. The zero-order valence-corrected chi connectivity index (χ0v) is 22.6. The van der Waals surface area contributed by atoms with Crippen molar-refractivity contribution in [2.75, 3.05) is 24.6 Å². The molecule has 3 aliphatic rings. The van der Waals surface area contributed by atoms with Crippen molar-refractivity contribution in [1.82, 2.24) is 19.3 Å². The van der Waals surface area contributed by atoms with Crippen LogP contribution in [0.3, 0.4) is 0 Å². The average molecular weight is 535 g/mol. The lowest BCUT2D eigenvalue weighted by molar-refractivity contribution is 0.0974. The minimum atomic E-state index is -0.140. The van der Waals surface area contributed by atoms with Gasteiger partial charge in [0.1, 0.15) is 17.4 Å². The molecule has 4 heterocycles. The number of hydrogen-bond donors (Lipinski definition) is 1. The Balaban J connectivity index is 1.41. The van der Waals surface area contributed by atoms with Gasteiger partial charge in [0, 0.05) is 56.0 Å². The van der Waals surface area contributed by atoms with Gasteiger partial charge in [0.15, 0.2) is 0 Å². The lowest BCUT2D eigenvalue weighted by Gasteiger charge is -2.42. The topological polar surface area (TPSA) is 100 Å². The second-order valence-corrected chi connectivity index (χ2v) is 10.8. The van der Waals surface area contributed by atoms with Crippen LogP contribution in [0, 0.1) is 19.3 Å².